The summed E-state index contributed by atoms with van der Waals surface area (Å²) in [6, 6.07) is 4.81. The first kappa shape index (κ1) is 21.7. The molecule has 0 aliphatic carbocycles. The second kappa shape index (κ2) is 9.63. The summed E-state index contributed by atoms with van der Waals surface area (Å²) in [6.45, 7) is -0.359. The van der Waals surface area contributed by atoms with Crippen LogP contribution in [0.1, 0.15) is 11.3 Å². The number of esters is 1. The Kier molecular flexibility index (Phi) is 6.95. The van der Waals surface area contributed by atoms with E-state index >= 15 is 0 Å². The van der Waals surface area contributed by atoms with E-state index < -0.39 is 29.6 Å². The summed E-state index contributed by atoms with van der Waals surface area (Å²) in [5.74, 6) is -2.10. The van der Waals surface area contributed by atoms with Crippen molar-refractivity contribution in [1.29, 1.82) is 0 Å². The van der Waals surface area contributed by atoms with Gasteiger partial charge in [0.05, 0.1) is 18.3 Å². The molecule has 2 aromatic rings. The normalized spacial score (nSPS) is 16.1. The maximum atomic E-state index is 13.4. The summed E-state index contributed by atoms with van der Waals surface area (Å²) < 4.78 is 18.3. The molecule has 0 spiro atoms. The molecule has 11 heteroatoms. The van der Waals surface area contributed by atoms with Crippen molar-refractivity contribution >= 4 is 52.2 Å². The standard InChI is InChI=1S/C19H17FN4O4S2/c1-28-18(27)14(7-13-8-21-10-22-13)23-16(25)9-24-17(26)15(30-19(24)29)6-11-3-2-4-12(20)5-11/h2-6,8,10,14H,7,9H2,1H3,(H,21,22)(H,23,25). The smallest absolute Gasteiger partial charge is 0.328 e. The van der Waals surface area contributed by atoms with Gasteiger partial charge in [-0.1, -0.05) is 36.1 Å². The summed E-state index contributed by atoms with van der Waals surface area (Å²) in [6.07, 6.45) is 4.64. The minimum atomic E-state index is -0.954. The van der Waals surface area contributed by atoms with Crippen molar-refractivity contribution in [3.8, 4) is 0 Å². The molecule has 1 aromatic carbocycles. The number of rotatable bonds is 7. The van der Waals surface area contributed by atoms with Crippen molar-refractivity contribution in [3.05, 3.63) is 58.8 Å². The second-order valence-electron chi connectivity index (χ2n) is 6.25. The number of halogens is 1. The fraction of sp³-hybridized carbons (Fsp3) is 0.211. The third-order valence-electron chi connectivity index (χ3n) is 4.12. The summed E-state index contributed by atoms with van der Waals surface area (Å²) in [7, 11) is 1.22. The molecule has 156 valence electrons. The highest BCUT2D eigenvalue weighted by Crippen LogP contribution is 2.32. The summed E-state index contributed by atoms with van der Waals surface area (Å²) in [4.78, 5) is 45.2. The minimum Gasteiger partial charge on any atom is -0.467 e. The van der Waals surface area contributed by atoms with Gasteiger partial charge in [-0.3, -0.25) is 14.5 Å². The van der Waals surface area contributed by atoms with Gasteiger partial charge in [0, 0.05) is 18.3 Å². The fourth-order valence-electron chi connectivity index (χ4n) is 2.72. The number of nitrogens with one attached hydrogen (secondary N) is 2. The van der Waals surface area contributed by atoms with Crippen LogP contribution < -0.4 is 5.32 Å². The zero-order chi connectivity index (χ0) is 21.7. The maximum absolute atomic E-state index is 13.4. The van der Waals surface area contributed by atoms with Gasteiger partial charge in [-0.15, -0.1) is 0 Å². The molecule has 30 heavy (non-hydrogen) atoms. The monoisotopic (exact) mass is 448 g/mol. The first-order valence-electron chi connectivity index (χ1n) is 8.72. The van der Waals surface area contributed by atoms with Gasteiger partial charge in [0.2, 0.25) is 5.91 Å². The predicted octanol–water partition coefficient (Wildman–Crippen LogP) is 1.65. The Balaban J connectivity index is 1.67. The van der Waals surface area contributed by atoms with E-state index in [0.29, 0.717) is 11.3 Å². The van der Waals surface area contributed by atoms with Gasteiger partial charge in [-0.2, -0.15) is 0 Å². The summed E-state index contributed by atoms with van der Waals surface area (Å²) >= 11 is 6.22. The number of aromatic nitrogens is 2. The first-order chi connectivity index (χ1) is 14.4. The lowest BCUT2D eigenvalue weighted by Crippen LogP contribution is -2.47. The van der Waals surface area contributed by atoms with Crippen molar-refractivity contribution in [3.63, 3.8) is 0 Å². The molecule has 2 amide bonds. The van der Waals surface area contributed by atoms with Crippen LogP contribution in [0.5, 0.6) is 0 Å². The van der Waals surface area contributed by atoms with E-state index in [1.165, 1.54) is 43.9 Å². The zero-order valence-corrected chi connectivity index (χ0v) is 17.4. The number of nitrogens with zero attached hydrogens (tertiary/aromatic N) is 2. The van der Waals surface area contributed by atoms with E-state index in [1.807, 2.05) is 0 Å². The average molecular weight is 449 g/mol. The number of amides is 2. The van der Waals surface area contributed by atoms with Crippen molar-refractivity contribution in [2.45, 2.75) is 12.5 Å². The Hall–Kier alpha value is -3.05. The molecule has 1 aromatic heterocycles. The van der Waals surface area contributed by atoms with E-state index in [1.54, 1.807) is 6.07 Å². The van der Waals surface area contributed by atoms with Crippen molar-refractivity contribution in [2.24, 2.45) is 0 Å². The lowest BCUT2D eigenvalue weighted by Gasteiger charge is -2.18. The van der Waals surface area contributed by atoms with Gasteiger partial charge in [0.25, 0.3) is 5.91 Å². The largest absolute Gasteiger partial charge is 0.467 e. The number of methoxy groups -OCH3 is 1. The van der Waals surface area contributed by atoms with E-state index in [9.17, 15) is 18.8 Å². The molecule has 3 rings (SSSR count). The number of hydrogen-bond donors (Lipinski definition) is 2. The van der Waals surface area contributed by atoms with Gasteiger partial charge >= 0.3 is 5.97 Å². The number of thiocarbonyl (C=S) groups is 1. The molecule has 0 saturated carbocycles. The quantitative estimate of drug-likeness (QED) is 0.377. The average Bonchev–Trinajstić information content (AvgIpc) is 3.31. The third-order valence-corrected chi connectivity index (χ3v) is 5.50. The van der Waals surface area contributed by atoms with Crippen LogP contribution in [-0.2, 0) is 25.5 Å². The SMILES string of the molecule is COC(=O)C(Cc1cnc[nH]1)NC(=O)CN1C(=O)C(=Cc2cccc(F)c2)SC1=S. The van der Waals surface area contributed by atoms with Crippen LogP contribution in [0.25, 0.3) is 6.08 Å². The minimum absolute atomic E-state index is 0.149. The molecule has 8 nitrogen and oxygen atoms in total. The van der Waals surface area contributed by atoms with E-state index in [-0.39, 0.29) is 22.2 Å². The van der Waals surface area contributed by atoms with Crippen LogP contribution in [0.3, 0.4) is 0 Å². The Labute approximate surface area is 180 Å². The predicted molar refractivity (Wildman–Crippen MR) is 113 cm³/mol. The molecule has 1 aliphatic heterocycles. The number of hydrogen-bond acceptors (Lipinski definition) is 7. The molecule has 1 saturated heterocycles. The number of imidazole rings is 1. The molecule has 2 N–H and O–H groups in total. The van der Waals surface area contributed by atoms with Gasteiger partial charge in [0.15, 0.2) is 0 Å². The number of carbonyl (C=O) groups excluding carboxylic acids is 3. The maximum Gasteiger partial charge on any atom is 0.328 e. The van der Waals surface area contributed by atoms with E-state index in [0.717, 1.165) is 16.7 Å². The number of ether oxygens (including phenoxy) is 1. The molecule has 1 atom stereocenters. The number of H-pyrrole nitrogens is 1. The highest BCUT2D eigenvalue weighted by Gasteiger charge is 2.34. The molecular formula is C19H17FN4O4S2. The molecule has 2 heterocycles. The van der Waals surface area contributed by atoms with E-state index in [4.69, 9.17) is 17.0 Å². The zero-order valence-electron chi connectivity index (χ0n) is 15.8. The van der Waals surface area contributed by atoms with Crippen LogP contribution in [-0.4, -0.2) is 56.7 Å². The number of aromatic amines is 1. The molecular weight excluding hydrogens is 431 g/mol. The Morgan fingerprint density at radius 3 is 2.93 bits per heavy atom. The molecule has 1 unspecified atom stereocenters. The van der Waals surface area contributed by atoms with Crippen LogP contribution >= 0.6 is 24.0 Å². The summed E-state index contributed by atoms with van der Waals surface area (Å²) in [5.41, 5.74) is 1.14. The number of carbonyl (C=O) groups is 3. The van der Waals surface area contributed by atoms with Crippen LogP contribution in [0.4, 0.5) is 4.39 Å². The summed E-state index contributed by atoms with van der Waals surface area (Å²) in [5, 5.41) is 2.55. The van der Waals surface area contributed by atoms with Gasteiger partial charge in [-0.25, -0.2) is 14.2 Å². The van der Waals surface area contributed by atoms with Gasteiger partial charge < -0.3 is 15.0 Å². The van der Waals surface area contributed by atoms with Crippen LogP contribution in [0.2, 0.25) is 0 Å². The third kappa shape index (κ3) is 5.30. The second-order valence-corrected chi connectivity index (χ2v) is 7.92. The number of thioether (sulfide) groups is 1. The van der Waals surface area contributed by atoms with Crippen molar-refractivity contribution in [2.75, 3.05) is 13.7 Å². The Morgan fingerprint density at radius 2 is 2.27 bits per heavy atom. The van der Waals surface area contributed by atoms with Gasteiger partial charge in [0.1, 0.15) is 22.7 Å². The van der Waals surface area contributed by atoms with E-state index in [2.05, 4.69) is 15.3 Å². The van der Waals surface area contributed by atoms with Crippen LogP contribution in [0, 0.1) is 5.82 Å². The van der Waals surface area contributed by atoms with Gasteiger partial charge in [-0.05, 0) is 23.8 Å². The lowest BCUT2D eigenvalue weighted by molar-refractivity contribution is -0.145. The molecule has 0 radical (unpaired) electrons. The molecule has 0 bridgehead atoms. The topological polar surface area (TPSA) is 104 Å². The fourth-order valence-corrected chi connectivity index (χ4v) is 3.97. The van der Waals surface area contributed by atoms with Crippen molar-refractivity contribution < 1.29 is 23.5 Å². The lowest BCUT2D eigenvalue weighted by atomic mass is 10.1. The molecule has 1 aliphatic rings. The Morgan fingerprint density at radius 1 is 1.47 bits per heavy atom. The highest BCUT2D eigenvalue weighted by molar-refractivity contribution is 8.26. The van der Waals surface area contributed by atoms with Crippen LogP contribution in [0.15, 0.2) is 41.7 Å². The first-order valence-corrected chi connectivity index (χ1v) is 9.95. The highest BCUT2D eigenvalue weighted by atomic mass is 32.2. The Bertz CT molecular complexity index is 1010. The van der Waals surface area contributed by atoms with Crippen molar-refractivity contribution in [1.82, 2.24) is 20.2 Å². The molecule has 1 fully saturated rings. The number of benzene rings is 1.